The van der Waals surface area contributed by atoms with Gasteiger partial charge in [-0.2, -0.15) is 0 Å². The number of carbonyl (C=O) groups excluding carboxylic acids is 2. The lowest BCUT2D eigenvalue weighted by molar-refractivity contribution is -0.142. The second-order valence-electron chi connectivity index (χ2n) is 8.38. The molecule has 2 aromatic rings. The quantitative estimate of drug-likeness (QED) is 0.122. The molecule has 34 heavy (non-hydrogen) atoms. The Morgan fingerprint density at radius 1 is 1.12 bits per heavy atom. The van der Waals surface area contributed by atoms with Crippen LogP contribution in [-0.2, 0) is 20.8 Å². The minimum Gasteiger partial charge on any atom is -0.480 e. The molecule has 0 saturated heterocycles. The molecule has 0 aliphatic rings. The van der Waals surface area contributed by atoms with Crippen molar-refractivity contribution in [2.24, 2.45) is 28.1 Å². The fourth-order valence-corrected chi connectivity index (χ4v) is 3.55. The van der Waals surface area contributed by atoms with E-state index >= 15 is 0 Å². The van der Waals surface area contributed by atoms with Crippen molar-refractivity contribution in [3.8, 4) is 0 Å². The Morgan fingerprint density at radius 3 is 2.44 bits per heavy atom. The second-order valence-corrected chi connectivity index (χ2v) is 8.38. The van der Waals surface area contributed by atoms with Crippen LogP contribution in [0.25, 0.3) is 10.9 Å². The van der Waals surface area contributed by atoms with Crippen molar-refractivity contribution in [2.75, 3.05) is 6.54 Å². The zero-order chi connectivity index (χ0) is 25.3. The Morgan fingerprint density at radius 2 is 1.79 bits per heavy atom. The number of benzene rings is 1. The number of nitrogens with two attached hydrogens (primary N) is 3. The van der Waals surface area contributed by atoms with Crippen molar-refractivity contribution in [1.82, 2.24) is 15.6 Å². The number of nitrogens with one attached hydrogen (secondary N) is 3. The van der Waals surface area contributed by atoms with Crippen LogP contribution in [-0.4, -0.2) is 58.5 Å². The van der Waals surface area contributed by atoms with Gasteiger partial charge in [0.15, 0.2) is 5.96 Å². The van der Waals surface area contributed by atoms with Gasteiger partial charge in [-0.15, -0.1) is 0 Å². The summed E-state index contributed by atoms with van der Waals surface area (Å²) in [4.78, 5) is 44.6. The van der Waals surface area contributed by atoms with Gasteiger partial charge in [0.05, 0.1) is 6.04 Å². The highest BCUT2D eigenvalue weighted by molar-refractivity contribution is 5.92. The topological polar surface area (TPSA) is 202 Å². The monoisotopic (exact) mass is 473 g/mol. The van der Waals surface area contributed by atoms with E-state index in [0.29, 0.717) is 12.8 Å². The number of aromatic nitrogens is 1. The normalized spacial score (nSPS) is 14.6. The van der Waals surface area contributed by atoms with Crippen LogP contribution in [0.5, 0.6) is 0 Å². The Kier molecular flexibility index (Phi) is 9.87. The number of aliphatic carboxylic acids is 1. The number of nitrogens with zero attached hydrogens (tertiary/aromatic N) is 1. The largest absolute Gasteiger partial charge is 0.480 e. The number of H-pyrrole nitrogens is 1. The van der Waals surface area contributed by atoms with E-state index in [1.54, 1.807) is 6.20 Å². The zero-order valence-electron chi connectivity index (χ0n) is 19.6. The molecule has 0 saturated carbocycles. The fraction of sp³-hybridized carbons (Fsp3) is 0.478. The number of carboxylic acids is 1. The second kappa shape index (κ2) is 12.6. The summed E-state index contributed by atoms with van der Waals surface area (Å²) in [6.45, 7) is 4.02. The predicted molar refractivity (Wildman–Crippen MR) is 131 cm³/mol. The molecule has 0 aliphatic heterocycles. The molecule has 0 fully saturated rings. The third-order valence-electron chi connectivity index (χ3n) is 5.85. The van der Waals surface area contributed by atoms with Crippen molar-refractivity contribution >= 4 is 34.6 Å². The van der Waals surface area contributed by atoms with Crippen LogP contribution in [0.3, 0.4) is 0 Å². The number of carbonyl (C=O) groups is 3. The Hall–Kier alpha value is -3.60. The van der Waals surface area contributed by atoms with Gasteiger partial charge < -0.3 is 37.9 Å². The van der Waals surface area contributed by atoms with Gasteiger partial charge in [-0.1, -0.05) is 38.5 Å². The molecular weight excluding hydrogens is 438 g/mol. The number of guanidine groups is 1. The van der Waals surface area contributed by atoms with Crippen molar-refractivity contribution in [1.29, 1.82) is 0 Å². The first-order valence-electron chi connectivity index (χ1n) is 11.3. The average molecular weight is 474 g/mol. The van der Waals surface area contributed by atoms with Gasteiger partial charge >= 0.3 is 5.97 Å². The molecule has 1 heterocycles. The van der Waals surface area contributed by atoms with Crippen LogP contribution in [0.2, 0.25) is 0 Å². The van der Waals surface area contributed by atoms with Crippen molar-refractivity contribution in [2.45, 2.75) is 57.7 Å². The minimum atomic E-state index is -1.19. The van der Waals surface area contributed by atoms with Gasteiger partial charge in [-0.25, -0.2) is 4.79 Å². The summed E-state index contributed by atoms with van der Waals surface area (Å²) >= 11 is 0. The molecule has 186 valence electrons. The summed E-state index contributed by atoms with van der Waals surface area (Å²) in [7, 11) is 0. The summed E-state index contributed by atoms with van der Waals surface area (Å²) < 4.78 is 0. The fourth-order valence-electron chi connectivity index (χ4n) is 3.55. The van der Waals surface area contributed by atoms with Crippen molar-refractivity contribution in [3.63, 3.8) is 0 Å². The molecule has 2 amide bonds. The van der Waals surface area contributed by atoms with E-state index in [0.717, 1.165) is 16.5 Å². The molecule has 11 heteroatoms. The number of carboxylic acid groups (broad SMARTS) is 1. The van der Waals surface area contributed by atoms with Gasteiger partial charge in [0.2, 0.25) is 11.8 Å². The average Bonchev–Trinajstić information content (AvgIpc) is 3.21. The van der Waals surface area contributed by atoms with E-state index < -0.39 is 35.9 Å². The van der Waals surface area contributed by atoms with Crippen LogP contribution < -0.4 is 27.8 Å². The molecule has 1 aromatic carbocycles. The van der Waals surface area contributed by atoms with Crippen LogP contribution in [0, 0.1) is 5.92 Å². The van der Waals surface area contributed by atoms with E-state index in [4.69, 9.17) is 17.2 Å². The van der Waals surface area contributed by atoms with Gasteiger partial charge in [0, 0.05) is 30.1 Å². The van der Waals surface area contributed by atoms with Crippen molar-refractivity contribution < 1.29 is 19.5 Å². The summed E-state index contributed by atoms with van der Waals surface area (Å²) in [5, 5.41) is 15.9. The number of fused-ring (bicyclic) bond motifs is 1. The van der Waals surface area contributed by atoms with E-state index in [2.05, 4.69) is 20.6 Å². The zero-order valence-corrected chi connectivity index (χ0v) is 19.6. The Labute approximate surface area is 198 Å². The molecule has 4 atom stereocenters. The number of rotatable bonds is 13. The highest BCUT2D eigenvalue weighted by Crippen LogP contribution is 2.19. The third-order valence-corrected chi connectivity index (χ3v) is 5.85. The molecule has 0 bridgehead atoms. The Balaban J connectivity index is 2.14. The molecule has 2 rings (SSSR count). The van der Waals surface area contributed by atoms with Crippen LogP contribution in [0.15, 0.2) is 35.5 Å². The van der Waals surface area contributed by atoms with E-state index in [-0.39, 0.29) is 31.3 Å². The third kappa shape index (κ3) is 7.48. The van der Waals surface area contributed by atoms with Gasteiger partial charge in [0.25, 0.3) is 0 Å². The number of aromatic amines is 1. The molecule has 0 radical (unpaired) electrons. The van der Waals surface area contributed by atoms with Gasteiger partial charge in [0.1, 0.15) is 12.1 Å². The van der Waals surface area contributed by atoms with E-state index in [9.17, 15) is 19.5 Å². The number of amides is 2. The lowest BCUT2D eigenvalue weighted by Crippen LogP contribution is -2.55. The van der Waals surface area contributed by atoms with E-state index in [1.165, 1.54) is 0 Å². The van der Waals surface area contributed by atoms with Crippen LogP contribution in [0.4, 0.5) is 0 Å². The summed E-state index contributed by atoms with van der Waals surface area (Å²) in [5.41, 5.74) is 18.3. The highest BCUT2D eigenvalue weighted by Gasteiger charge is 2.29. The van der Waals surface area contributed by atoms with E-state index in [1.807, 2.05) is 38.1 Å². The van der Waals surface area contributed by atoms with Gasteiger partial charge in [-0.05, 0) is 30.4 Å². The summed E-state index contributed by atoms with van der Waals surface area (Å²) in [6, 6.07) is 4.53. The molecule has 1 aromatic heterocycles. The number of para-hydroxylation sites is 1. The number of hydrogen-bond acceptors (Lipinski definition) is 5. The van der Waals surface area contributed by atoms with Crippen LogP contribution >= 0.6 is 0 Å². The summed E-state index contributed by atoms with van der Waals surface area (Å²) in [5.74, 6) is -2.42. The minimum absolute atomic E-state index is 0.0755. The first kappa shape index (κ1) is 26.7. The highest BCUT2D eigenvalue weighted by atomic mass is 16.4. The SMILES string of the molecule is CCC(C)C(N)C(=O)NC(CCCN=C(N)N)C(=O)NC(Cc1c[nH]c2ccccc12)C(=O)O. The van der Waals surface area contributed by atoms with Crippen LogP contribution in [0.1, 0.15) is 38.7 Å². The Bertz CT molecular complexity index is 1020. The molecule has 0 spiro atoms. The summed E-state index contributed by atoms with van der Waals surface area (Å²) in [6.07, 6.45) is 3.11. The molecule has 11 nitrogen and oxygen atoms in total. The lowest BCUT2D eigenvalue weighted by Gasteiger charge is -2.24. The maximum absolute atomic E-state index is 13.1. The molecule has 0 aliphatic carbocycles. The molecular formula is C23H35N7O4. The molecule has 4 unspecified atom stereocenters. The number of aliphatic imine (C=N–C) groups is 1. The standard InChI is InChI=1S/C23H35N7O4/c1-3-13(2)19(24)21(32)29-17(9-6-10-27-23(25)26)20(31)30-18(22(33)34)11-14-12-28-16-8-5-4-7-15(14)16/h4-5,7-8,12-13,17-19,28H,3,6,9-11,24H2,1-2H3,(H,29,32)(H,30,31)(H,33,34)(H4,25,26,27). The van der Waals surface area contributed by atoms with Gasteiger partial charge in [-0.3, -0.25) is 14.6 Å². The maximum atomic E-state index is 13.1. The molecule has 10 N–H and O–H groups in total. The smallest absolute Gasteiger partial charge is 0.326 e. The van der Waals surface area contributed by atoms with Crippen molar-refractivity contribution in [3.05, 3.63) is 36.0 Å². The lowest BCUT2D eigenvalue weighted by atomic mass is 9.98. The maximum Gasteiger partial charge on any atom is 0.326 e. The number of hydrogen-bond donors (Lipinski definition) is 7. The first-order valence-corrected chi connectivity index (χ1v) is 11.3. The predicted octanol–water partition coefficient (Wildman–Crippen LogP) is 0.192. The first-order chi connectivity index (χ1) is 16.1.